The second-order valence-corrected chi connectivity index (χ2v) is 5.42. The number of aryl methyl sites for hydroxylation is 2. The van der Waals surface area contributed by atoms with E-state index in [1.54, 1.807) is 31.4 Å². The molecule has 1 heterocycles. The summed E-state index contributed by atoms with van der Waals surface area (Å²) < 4.78 is 5.14. The standard InChI is InChI=1S/C14H14N2O4S/c1-9-4-3-5-11(16(18)19)14(9)15-13(17)8-21-12-6-7-20-10(12)2/h3-7H,8H2,1-2H3,(H,15,17). The summed E-state index contributed by atoms with van der Waals surface area (Å²) in [6.45, 7) is 3.53. The summed E-state index contributed by atoms with van der Waals surface area (Å²) in [7, 11) is 0. The number of nitrogens with one attached hydrogen (secondary N) is 1. The Balaban J connectivity index is 2.06. The highest BCUT2D eigenvalue weighted by molar-refractivity contribution is 8.00. The van der Waals surface area contributed by atoms with Crippen LogP contribution in [-0.2, 0) is 4.79 Å². The van der Waals surface area contributed by atoms with Crippen LogP contribution in [0, 0.1) is 24.0 Å². The summed E-state index contributed by atoms with van der Waals surface area (Å²) >= 11 is 1.33. The average Bonchev–Trinajstić information content (AvgIpc) is 2.84. The first kappa shape index (κ1) is 15.1. The Morgan fingerprint density at radius 2 is 2.14 bits per heavy atom. The van der Waals surface area contributed by atoms with E-state index in [1.165, 1.54) is 17.8 Å². The highest BCUT2D eigenvalue weighted by Crippen LogP contribution is 2.28. The molecule has 0 aliphatic rings. The van der Waals surface area contributed by atoms with E-state index in [9.17, 15) is 14.9 Å². The third kappa shape index (κ3) is 3.63. The summed E-state index contributed by atoms with van der Waals surface area (Å²) in [5.74, 6) is 0.610. The zero-order chi connectivity index (χ0) is 15.4. The minimum absolute atomic E-state index is 0.104. The fraction of sp³-hybridized carbons (Fsp3) is 0.214. The molecular weight excluding hydrogens is 292 g/mol. The van der Waals surface area contributed by atoms with E-state index in [-0.39, 0.29) is 23.0 Å². The maximum absolute atomic E-state index is 12.0. The third-order valence-corrected chi connectivity index (χ3v) is 4.02. The molecule has 0 bridgehead atoms. The minimum atomic E-state index is -0.504. The summed E-state index contributed by atoms with van der Waals surface area (Å²) in [6, 6.07) is 6.46. The van der Waals surface area contributed by atoms with Crippen molar-refractivity contribution in [1.29, 1.82) is 0 Å². The van der Waals surface area contributed by atoms with E-state index in [2.05, 4.69) is 5.32 Å². The monoisotopic (exact) mass is 306 g/mol. The van der Waals surface area contributed by atoms with Crippen molar-refractivity contribution in [3.8, 4) is 0 Å². The maximum atomic E-state index is 12.0. The molecule has 1 aromatic heterocycles. The van der Waals surface area contributed by atoms with Crippen molar-refractivity contribution in [3.05, 3.63) is 52.0 Å². The lowest BCUT2D eigenvalue weighted by Crippen LogP contribution is -2.16. The third-order valence-electron chi connectivity index (χ3n) is 2.88. The van der Waals surface area contributed by atoms with Crippen LogP contribution in [0.3, 0.4) is 0 Å². The number of thioether (sulfide) groups is 1. The number of hydrogen-bond acceptors (Lipinski definition) is 5. The molecule has 0 atom stereocenters. The van der Waals surface area contributed by atoms with Crippen molar-refractivity contribution in [3.63, 3.8) is 0 Å². The summed E-state index contributed by atoms with van der Waals surface area (Å²) in [6.07, 6.45) is 1.56. The van der Waals surface area contributed by atoms with Gasteiger partial charge in [0.1, 0.15) is 11.4 Å². The van der Waals surface area contributed by atoms with Crippen LogP contribution in [0.1, 0.15) is 11.3 Å². The Labute approximate surface area is 125 Å². The number of rotatable bonds is 5. The van der Waals surface area contributed by atoms with Crippen LogP contribution >= 0.6 is 11.8 Å². The number of nitrogens with zero attached hydrogens (tertiary/aromatic N) is 1. The molecule has 2 aromatic rings. The van der Waals surface area contributed by atoms with Gasteiger partial charge >= 0.3 is 0 Å². The van der Waals surface area contributed by atoms with Gasteiger partial charge in [-0.15, -0.1) is 11.8 Å². The summed E-state index contributed by atoms with van der Waals surface area (Å²) in [4.78, 5) is 23.3. The molecule has 0 spiro atoms. The topological polar surface area (TPSA) is 85.4 Å². The van der Waals surface area contributed by atoms with Gasteiger partial charge in [0.15, 0.2) is 0 Å². The Morgan fingerprint density at radius 1 is 1.38 bits per heavy atom. The molecule has 1 N–H and O–H groups in total. The predicted octanol–water partition coefficient (Wildman–Crippen LogP) is 3.54. The van der Waals surface area contributed by atoms with Gasteiger partial charge in [-0.25, -0.2) is 0 Å². The Morgan fingerprint density at radius 3 is 2.76 bits per heavy atom. The van der Waals surface area contributed by atoms with Crippen molar-refractivity contribution in [2.75, 3.05) is 11.1 Å². The van der Waals surface area contributed by atoms with Gasteiger partial charge in [-0.1, -0.05) is 12.1 Å². The number of furan rings is 1. The number of hydrogen-bond donors (Lipinski definition) is 1. The molecule has 7 heteroatoms. The predicted molar refractivity (Wildman–Crippen MR) is 80.6 cm³/mol. The van der Waals surface area contributed by atoms with E-state index in [1.807, 2.05) is 6.92 Å². The number of carbonyl (C=O) groups excluding carboxylic acids is 1. The van der Waals surface area contributed by atoms with Crippen LogP contribution in [0.15, 0.2) is 39.8 Å². The molecule has 0 aliphatic heterocycles. The van der Waals surface area contributed by atoms with Crippen LogP contribution in [0.5, 0.6) is 0 Å². The highest BCUT2D eigenvalue weighted by Gasteiger charge is 2.18. The van der Waals surface area contributed by atoms with Crippen LogP contribution in [0.2, 0.25) is 0 Å². The molecule has 0 saturated heterocycles. The molecular formula is C14H14N2O4S. The molecule has 6 nitrogen and oxygen atoms in total. The first-order valence-electron chi connectivity index (χ1n) is 6.20. The van der Waals surface area contributed by atoms with Gasteiger partial charge in [0.2, 0.25) is 5.91 Å². The minimum Gasteiger partial charge on any atom is -0.468 e. The largest absolute Gasteiger partial charge is 0.468 e. The van der Waals surface area contributed by atoms with Gasteiger partial charge in [-0.2, -0.15) is 0 Å². The second-order valence-electron chi connectivity index (χ2n) is 4.40. The number of carbonyl (C=O) groups is 1. The molecule has 0 aliphatic carbocycles. The number of para-hydroxylation sites is 1. The molecule has 0 unspecified atom stereocenters. The van der Waals surface area contributed by atoms with Gasteiger partial charge in [-0.3, -0.25) is 14.9 Å². The van der Waals surface area contributed by atoms with Crippen molar-refractivity contribution < 1.29 is 14.1 Å². The van der Waals surface area contributed by atoms with Gasteiger partial charge in [0.05, 0.1) is 16.9 Å². The Bertz CT molecular complexity index is 681. The molecule has 0 fully saturated rings. The van der Waals surface area contributed by atoms with E-state index < -0.39 is 4.92 Å². The number of benzene rings is 1. The van der Waals surface area contributed by atoms with Gasteiger partial charge in [0, 0.05) is 11.0 Å². The fourth-order valence-corrected chi connectivity index (χ4v) is 2.57. The van der Waals surface area contributed by atoms with Crippen LogP contribution in [0.4, 0.5) is 11.4 Å². The lowest BCUT2D eigenvalue weighted by Gasteiger charge is -2.08. The van der Waals surface area contributed by atoms with Crippen molar-refractivity contribution in [2.24, 2.45) is 0 Å². The highest BCUT2D eigenvalue weighted by atomic mass is 32.2. The van der Waals surface area contributed by atoms with E-state index in [4.69, 9.17) is 4.42 Å². The van der Waals surface area contributed by atoms with E-state index in [0.29, 0.717) is 5.56 Å². The Kier molecular flexibility index (Phi) is 4.64. The number of anilines is 1. The molecule has 1 aromatic carbocycles. The van der Waals surface area contributed by atoms with Crippen LogP contribution in [0.25, 0.3) is 0 Å². The second kappa shape index (κ2) is 6.45. The first-order chi connectivity index (χ1) is 9.99. The smallest absolute Gasteiger partial charge is 0.293 e. The molecule has 1 amide bonds. The molecule has 0 saturated carbocycles. The lowest BCUT2D eigenvalue weighted by molar-refractivity contribution is -0.384. The van der Waals surface area contributed by atoms with Gasteiger partial charge < -0.3 is 9.73 Å². The number of nitro benzene ring substituents is 1. The van der Waals surface area contributed by atoms with E-state index >= 15 is 0 Å². The van der Waals surface area contributed by atoms with Crippen molar-refractivity contribution in [2.45, 2.75) is 18.7 Å². The molecule has 2 rings (SSSR count). The van der Waals surface area contributed by atoms with Gasteiger partial charge in [0.25, 0.3) is 5.69 Å². The molecule has 0 radical (unpaired) electrons. The quantitative estimate of drug-likeness (QED) is 0.519. The van der Waals surface area contributed by atoms with Crippen LogP contribution < -0.4 is 5.32 Å². The SMILES string of the molecule is Cc1cccc([N+](=O)[O-])c1NC(=O)CSc1ccoc1C. The normalized spacial score (nSPS) is 10.4. The van der Waals surface area contributed by atoms with Crippen LogP contribution in [-0.4, -0.2) is 16.6 Å². The summed E-state index contributed by atoms with van der Waals surface area (Å²) in [5, 5.41) is 13.6. The first-order valence-corrected chi connectivity index (χ1v) is 7.18. The number of amides is 1. The van der Waals surface area contributed by atoms with Gasteiger partial charge in [-0.05, 0) is 25.5 Å². The average molecular weight is 306 g/mol. The maximum Gasteiger partial charge on any atom is 0.293 e. The van der Waals surface area contributed by atoms with Crippen molar-refractivity contribution in [1.82, 2.24) is 0 Å². The van der Waals surface area contributed by atoms with E-state index in [0.717, 1.165) is 10.7 Å². The fourth-order valence-electron chi connectivity index (χ4n) is 1.81. The zero-order valence-electron chi connectivity index (χ0n) is 11.6. The Hall–Kier alpha value is -2.28. The summed E-state index contributed by atoms with van der Waals surface area (Å²) in [5.41, 5.74) is 0.798. The number of nitro groups is 1. The zero-order valence-corrected chi connectivity index (χ0v) is 12.4. The molecule has 21 heavy (non-hydrogen) atoms. The van der Waals surface area contributed by atoms with Crippen molar-refractivity contribution >= 4 is 29.0 Å². The lowest BCUT2D eigenvalue weighted by atomic mass is 10.1. The molecule has 110 valence electrons.